The van der Waals surface area contributed by atoms with E-state index in [2.05, 4.69) is 30.6 Å². The van der Waals surface area contributed by atoms with Crippen LogP contribution in [-0.4, -0.2) is 149 Å². The summed E-state index contributed by atoms with van der Waals surface area (Å²) in [5.74, 6) is -0.917. The molecule has 1 amide bonds. The molecule has 0 radical (unpaired) electrons. The third kappa shape index (κ3) is 10.8. The molecule has 12 atom stereocenters. The van der Waals surface area contributed by atoms with Crippen molar-refractivity contribution in [1.29, 1.82) is 0 Å². The van der Waals surface area contributed by atoms with Gasteiger partial charge in [-0.1, -0.05) is 0 Å². The lowest BCUT2D eigenvalue weighted by Gasteiger charge is -2.47. The zero-order valence-corrected chi connectivity index (χ0v) is 27.1. The van der Waals surface area contributed by atoms with Gasteiger partial charge in [-0.3, -0.25) is 24.0 Å². The molecule has 0 aliphatic carbocycles. The Morgan fingerprint density at radius 1 is 0.905 bits per heavy atom. The first kappa shape index (κ1) is 37.6. The highest BCUT2D eigenvalue weighted by Crippen LogP contribution is 2.32. The molecule has 0 bridgehead atoms. The maximum absolute atomic E-state index is 12.9. The molecule has 2 aliphatic heterocycles. The molecule has 2 rings (SSSR count). The summed E-state index contributed by atoms with van der Waals surface area (Å²) in [6, 6.07) is -0.957. The van der Waals surface area contributed by atoms with Crippen molar-refractivity contribution in [3.63, 3.8) is 0 Å². The molecular weight excluding hydrogens is 636 g/mol. The molecule has 240 valence electrons. The molecule has 0 aromatic rings. The number of ether oxygens (including phenoxy) is 5. The highest BCUT2D eigenvalue weighted by atomic mass is 32.1. The second-order valence-corrected chi connectivity index (χ2v) is 12.8. The second kappa shape index (κ2) is 18.4. The van der Waals surface area contributed by atoms with E-state index in [4.69, 9.17) is 23.7 Å². The summed E-state index contributed by atoms with van der Waals surface area (Å²) in [4.78, 5) is 60.0. The van der Waals surface area contributed by atoms with E-state index in [1.807, 2.05) is 0 Å². The number of aliphatic hydroxyl groups excluding tert-OH is 3. The lowest BCUT2D eigenvalue weighted by Crippen LogP contribution is -2.67. The van der Waals surface area contributed by atoms with Crippen molar-refractivity contribution in [3.05, 3.63) is 0 Å². The van der Waals surface area contributed by atoms with Gasteiger partial charge in [0, 0.05) is 37.9 Å². The molecule has 2 fully saturated rings. The quantitative estimate of drug-likeness (QED) is 0.0724. The minimum Gasteiger partial charge on any atom is -0.388 e. The molecule has 2 heterocycles. The summed E-state index contributed by atoms with van der Waals surface area (Å²) in [7, 11) is 0.416. The first-order valence-electron chi connectivity index (χ1n) is 13.0. The summed E-state index contributed by atoms with van der Waals surface area (Å²) in [5, 5.41) is 35.3. The van der Waals surface area contributed by atoms with Crippen molar-refractivity contribution in [2.24, 2.45) is 0 Å². The second-order valence-electron chi connectivity index (χ2n) is 9.71. The molecule has 42 heavy (non-hydrogen) atoms. The fourth-order valence-electron chi connectivity index (χ4n) is 4.36. The van der Waals surface area contributed by atoms with Gasteiger partial charge in [0.25, 0.3) is 0 Å². The van der Waals surface area contributed by atoms with Gasteiger partial charge in [-0.15, -0.1) is 0 Å². The summed E-state index contributed by atoms with van der Waals surface area (Å²) in [6.07, 6.45) is -12.3. The Kier molecular flexibility index (Phi) is 16.4. The summed E-state index contributed by atoms with van der Waals surface area (Å²) in [5.41, 5.74) is -0.858. The predicted molar refractivity (Wildman–Crippen MR) is 159 cm³/mol. The van der Waals surface area contributed by atoms with Crippen molar-refractivity contribution in [2.75, 3.05) is 44.2 Å². The number of carbonyl (C=O) groups is 5. The minimum absolute atomic E-state index is 0.0333. The Morgan fingerprint density at radius 3 is 2.10 bits per heavy atom. The van der Waals surface area contributed by atoms with Crippen molar-refractivity contribution < 1.29 is 63.0 Å². The van der Waals surface area contributed by atoms with E-state index in [1.54, 1.807) is 6.92 Å². The molecule has 18 heteroatoms. The maximum Gasteiger partial charge on any atom is 0.217 e. The molecule has 4 N–H and O–H groups in total. The molecule has 0 spiro atoms. The Morgan fingerprint density at radius 2 is 1.52 bits per heavy atom. The third-order valence-corrected chi connectivity index (χ3v) is 9.53. The molecule has 2 saturated heterocycles. The summed E-state index contributed by atoms with van der Waals surface area (Å²) in [6.45, 7) is 2.27. The normalized spacial score (nSPS) is 33.7. The summed E-state index contributed by atoms with van der Waals surface area (Å²) < 4.78 is 28.1. The first-order chi connectivity index (χ1) is 19.8. The number of amides is 1. The molecular formula is C24H39NO13P2S2. The Labute approximate surface area is 258 Å². The smallest absolute Gasteiger partial charge is 0.217 e. The fraction of sp³-hybridized carbons (Fsp3) is 0.792. The Balaban J connectivity index is 2.17. The topological polar surface area (TPSA) is 204 Å². The van der Waals surface area contributed by atoms with E-state index >= 15 is 0 Å². The largest absolute Gasteiger partial charge is 0.388 e. The number of nitrogens with one attached hydrogen (secondary N) is 1. The van der Waals surface area contributed by atoms with Crippen molar-refractivity contribution in [2.45, 2.75) is 75.0 Å². The standard InChI is InChI=1S/C24H39NO13P2S2/c1-10-16(25-11(2)26)20(17(30)14(36-10)4-35-5-15(29)39-6-12(27)8-41)37-24-19(32)18(31)21(34-3)22(38-24)23(33)40-7-13(28)9-42/h10,14,16-22,24,30-32,39-42H,4-9H2,1-3H3,(H,25,26)/t10-,14?,16?,17+,18+,19?,20+,21-,22?,24+/m0/s1. The van der Waals surface area contributed by atoms with Crippen LogP contribution < -0.4 is 5.32 Å². The number of thiol groups is 2. The van der Waals surface area contributed by atoms with Gasteiger partial charge in [0.05, 0.1) is 18.8 Å². The van der Waals surface area contributed by atoms with Crippen LogP contribution in [0.25, 0.3) is 0 Å². The predicted octanol–water partition coefficient (Wildman–Crippen LogP) is -2.09. The lowest BCUT2D eigenvalue weighted by atomic mass is 9.92. The van der Waals surface area contributed by atoms with Crippen molar-refractivity contribution >= 4 is 70.9 Å². The number of Topliss-reactive ketones (excluding diaryl/α,β-unsaturated/α-hetero) is 2. The summed E-state index contributed by atoms with van der Waals surface area (Å²) >= 11 is 7.76. The van der Waals surface area contributed by atoms with E-state index < -0.39 is 81.2 Å². The number of ketones is 2. The van der Waals surface area contributed by atoms with Crippen LogP contribution >= 0.6 is 42.4 Å². The highest BCUT2D eigenvalue weighted by molar-refractivity contribution is 7.81. The number of methoxy groups -OCH3 is 1. The van der Waals surface area contributed by atoms with Crippen molar-refractivity contribution in [3.8, 4) is 0 Å². The van der Waals surface area contributed by atoms with Crippen LogP contribution in [-0.2, 0) is 47.7 Å². The molecule has 2 aliphatic rings. The van der Waals surface area contributed by atoms with Gasteiger partial charge in [-0.2, -0.15) is 25.3 Å². The van der Waals surface area contributed by atoms with E-state index in [1.165, 1.54) is 14.0 Å². The molecule has 0 saturated carbocycles. The van der Waals surface area contributed by atoms with E-state index in [9.17, 15) is 39.3 Å². The minimum atomic E-state index is -1.72. The average molecular weight is 676 g/mol. The SMILES string of the molecule is CO[C@@H]1C(C(=O)PCC(=O)CS)O[C@@H](O[C@@H]2C(NC(C)=O)[C@H](C)OC(COCC(=O)PCC(=O)CS)[C@H]2O)C(O)[C@H]1O. The van der Waals surface area contributed by atoms with Gasteiger partial charge < -0.3 is 44.3 Å². The molecule has 6 unspecified atom stereocenters. The maximum atomic E-state index is 12.9. The fourth-order valence-corrected chi connectivity index (χ4v) is 6.66. The highest BCUT2D eigenvalue weighted by Gasteiger charge is 2.52. The van der Waals surface area contributed by atoms with Gasteiger partial charge in [0.15, 0.2) is 23.4 Å². The Hall–Kier alpha value is -0.610. The van der Waals surface area contributed by atoms with Gasteiger partial charge in [0.2, 0.25) is 5.91 Å². The first-order valence-corrected chi connectivity index (χ1v) is 16.7. The number of hydrogen-bond acceptors (Lipinski definition) is 15. The van der Waals surface area contributed by atoms with Gasteiger partial charge in [0.1, 0.15) is 54.8 Å². The number of aliphatic hydroxyl groups is 3. The molecule has 14 nitrogen and oxygen atoms in total. The van der Waals surface area contributed by atoms with Crippen LogP contribution in [0.1, 0.15) is 13.8 Å². The lowest BCUT2D eigenvalue weighted by molar-refractivity contribution is -0.324. The van der Waals surface area contributed by atoms with Crippen LogP contribution in [0.5, 0.6) is 0 Å². The van der Waals surface area contributed by atoms with Gasteiger partial charge >= 0.3 is 0 Å². The molecule has 0 aromatic heterocycles. The third-order valence-electron chi connectivity index (χ3n) is 6.51. The van der Waals surface area contributed by atoms with Gasteiger partial charge in [-0.05, 0) is 24.1 Å². The van der Waals surface area contributed by atoms with Gasteiger partial charge in [-0.25, -0.2) is 0 Å². The Bertz CT molecular complexity index is 963. The van der Waals surface area contributed by atoms with Crippen LogP contribution in [0.4, 0.5) is 0 Å². The van der Waals surface area contributed by atoms with Crippen LogP contribution in [0.15, 0.2) is 0 Å². The number of carbonyl (C=O) groups excluding carboxylic acids is 5. The number of hydrogen-bond donors (Lipinski definition) is 6. The van der Waals surface area contributed by atoms with Crippen molar-refractivity contribution in [1.82, 2.24) is 5.32 Å². The van der Waals surface area contributed by atoms with E-state index in [0.717, 1.165) is 0 Å². The zero-order chi connectivity index (χ0) is 31.6. The zero-order valence-electron chi connectivity index (χ0n) is 23.3. The number of rotatable bonds is 17. The van der Waals surface area contributed by atoms with E-state index in [-0.39, 0.29) is 62.7 Å². The van der Waals surface area contributed by atoms with Crippen LogP contribution in [0, 0.1) is 0 Å². The average Bonchev–Trinajstić information content (AvgIpc) is 2.96. The molecule has 0 aromatic carbocycles. The van der Waals surface area contributed by atoms with E-state index in [0.29, 0.717) is 0 Å². The monoisotopic (exact) mass is 675 g/mol. The van der Waals surface area contributed by atoms with Crippen LogP contribution in [0.2, 0.25) is 0 Å². The van der Waals surface area contributed by atoms with Crippen LogP contribution in [0.3, 0.4) is 0 Å².